The van der Waals surface area contributed by atoms with Crippen LogP contribution in [0.4, 0.5) is 0 Å². The summed E-state index contributed by atoms with van der Waals surface area (Å²) in [5.41, 5.74) is 0. The van der Waals surface area contributed by atoms with Gasteiger partial charge in [0.05, 0.1) is 0 Å². The Morgan fingerprint density at radius 3 is 0.792 bits per heavy atom. The first-order valence-electron chi connectivity index (χ1n) is 33.8. The van der Waals surface area contributed by atoms with Crippen LogP contribution in [0.15, 0.2) is 60.8 Å². The van der Waals surface area contributed by atoms with Crippen LogP contribution >= 0.6 is 0 Å². The van der Waals surface area contributed by atoms with Gasteiger partial charge in [0.1, 0.15) is 13.2 Å². The van der Waals surface area contributed by atoms with Crippen molar-refractivity contribution in [1.29, 1.82) is 0 Å². The van der Waals surface area contributed by atoms with E-state index >= 15 is 0 Å². The third kappa shape index (κ3) is 63.8. The van der Waals surface area contributed by atoms with E-state index in [0.29, 0.717) is 19.3 Å². The lowest BCUT2D eigenvalue weighted by Gasteiger charge is -2.18. The Morgan fingerprint density at radius 2 is 0.506 bits per heavy atom. The second-order valence-corrected chi connectivity index (χ2v) is 22.7. The summed E-state index contributed by atoms with van der Waals surface area (Å²) in [5.74, 6) is -0.852. The molecule has 0 radical (unpaired) electrons. The lowest BCUT2D eigenvalue weighted by Crippen LogP contribution is -2.30. The second kappa shape index (κ2) is 65.6. The van der Waals surface area contributed by atoms with Crippen LogP contribution in [0.25, 0.3) is 0 Å². The van der Waals surface area contributed by atoms with Crippen molar-refractivity contribution in [2.75, 3.05) is 13.2 Å². The van der Waals surface area contributed by atoms with Gasteiger partial charge in [0.15, 0.2) is 6.10 Å². The molecule has 77 heavy (non-hydrogen) atoms. The molecule has 0 heterocycles. The monoisotopic (exact) mass is 1080 g/mol. The van der Waals surface area contributed by atoms with E-state index in [2.05, 4.69) is 81.5 Å². The third-order valence-corrected chi connectivity index (χ3v) is 15.0. The molecule has 0 saturated carbocycles. The van der Waals surface area contributed by atoms with E-state index in [0.717, 1.165) is 96.3 Å². The van der Waals surface area contributed by atoms with E-state index in [-0.39, 0.29) is 31.1 Å². The number of hydrogen-bond donors (Lipinski definition) is 0. The molecular formula is C71H128O6. The molecule has 6 heteroatoms. The van der Waals surface area contributed by atoms with Crippen molar-refractivity contribution in [3.63, 3.8) is 0 Å². The molecule has 1 atom stereocenters. The van der Waals surface area contributed by atoms with E-state index in [1.165, 1.54) is 218 Å². The number of hydrogen-bond acceptors (Lipinski definition) is 6. The standard InChI is InChI=1S/C71H128O6/c1-4-7-10-13-16-19-22-25-28-30-32-34-35-36-37-38-40-41-43-46-49-52-55-58-61-64-70(73)76-67-68(66-75-69(72)63-60-57-54-51-48-45-27-24-21-18-15-12-9-6-3)77-71(74)65-62-59-56-53-50-47-44-42-39-33-31-29-26-23-20-17-14-11-8-5-2/h7,10,16,19,25,28,32,34,36-37,68H,4-6,8-9,11-15,17-18,20-24,26-27,29-31,33,35,38-67H2,1-3H3/b10-7-,19-16-,28-25-,34-32-,37-36-. The summed E-state index contributed by atoms with van der Waals surface area (Å²) in [6.07, 6.45) is 83.7. The van der Waals surface area contributed by atoms with Gasteiger partial charge in [0.2, 0.25) is 0 Å². The average Bonchev–Trinajstić information content (AvgIpc) is 3.43. The van der Waals surface area contributed by atoms with Crippen molar-refractivity contribution in [1.82, 2.24) is 0 Å². The summed E-state index contributed by atoms with van der Waals surface area (Å²) in [7, 11) is 0. The van der Waals surface area contributed by atoms with Gasteiger partial charge in [-0.1, -0.05) is 332 Å². The van der Waals surface area contributed by atoms with Gasteiger partial charge in [-0.25, -0.2) is 0 Å². The molecule has 0 amide bonds. The molecule has 448 valence electrons. The minimum absolute atomic E-state index is 0.0703. The molecule has 0 N–H and O–H groups in total. The zero-order chi connectivity index (χ0) is 55.7. The highest BCUT2D eigenvalue weighted by Crippen LogP contribution is 2.18. The van der Waals surface area contributed by atoms with E-state index < -0.39 is 6.10 Å². The van der Waals surface area contributed by atoms with Crippen LogP contribution in [-0.4, -0.2) is 37.2 Å². The summed E-state index contributed by atoms with van der Waals surface area (Å²) >= 11 is 0. The molecule has 0 aliphatic carbocycles. The Morgan fingerprint density at radius 1 is 0.273 bits per heavy atom. The quantitative estimate of drug-likeness (QED) is 0.0261. The van der Waals surface area contributed by atoms with Gasteiger partial charge in [0.25, 0.3) is 0 Å². The highest BCUT2D eigenvalue weighted by molar-refractivity contribution is 5.71. The van der Waals surface area contributed by atoms with Crippen LogP contribution in [0.1, 0.15) is 355 Å². The molecule has 0 spiro atoms. The fourth-order valence-electron chi connectivity index (χ4n) is 10.0. The maximum absolute atomic E-state index is 12.9. The van der Waals surface area contributed by atoms with Gasteiger partial charge in [-0.2, -0.15) is 0 Å². The van der Waals surface area contributed by atoms with Crippen molar-refractivity contribution >= 4 is 17.9 Å². The average molecular weight is 1080 g/mol. The summed E-state index contributed by atoms with van der Waals surface area (Å²) in [4.78, 5) is 38.4. The second-order valence-electron chi connectivity index (χ2n) is 22.7. The van der Waals surface area contributed by atoms with Crippen LogP contribution in [0, 0.1) is 0 Å². The molecule has 0 rings (SSSR count). The number of ether oxygens (including phenoxy) is 3. The molecule has 0 aromatic carbocycles. The number of allylic oxidation sites excluding steroid dienone is 10. The smallest absolute Gasteiger partial charge is 0.306 e. The van der Waals surface area contributed by atoms with Crippen LogP contribution in [0.5, 0.6) is 0 Å². The molecule has 0 aromatic rings. The van der Waals surface area contributed by atoms with E-state index in [1.807, 2.05) is 0 Å². The van der Waals surface area contributed by atoms with E-state index in [9.17, 15) is 14.4 Å². The van der Waals surface area contributed by atoms with Crippen LogP contribution in [0.3, 0.4) is 0 Å². The van der Waals surface area contributed by atoms with Crippen LogP contribution in [-0.2, 0) is 28.6 Å². The number of rotatable bonds is 62. The maximum atomic E-state index is 12.9. The van der Waals surface area contributed by atoms with Crippen molar-refractivity contribution in [3.8, 4) is 0 Å². The highest BCUT2D eigenvalue weighted by Gasteiger charge is 2.19. The number of carbonyl (C=O) groups excluding carboxylic acids is 3. The Balaban J connectivity index is 4.30. The Hall–Kier alpha value is -2.89. The summed E-state index contributed by atoms with van der Waals surface area (Å²) in [6, 6.07) is 0. The van der Waals surface area contributed by atoms with Crippen molar-refractivity contribution in [2.24, 2.45) is 0 Å². The van der Waals surface area contributed by atoms with Gasteiger partial charge >= 0.3 is 17.9 Å². The van der Waals surface area contributed by atoms with Crippen molar-refractivity contribution in [3.05, 3.63) is 60.8 Å². The Kier molecular flexibility index (Phi) is 63.2. The Bertz CT molecular complexity index is 1380. The third-order valence-electron chi connectivity index (χ3n) is 15.0. The molecule has 6 nitrogen and oxygen atoms in total. The minimum atomic E-state index is -0.774. The van der Waals surface area contributed by atoms with E-state index in [1.54, 1.807) is 0 Å². The largest absolute Gasteiger partial charge is 0.462 e. The topological polar surface area (TPSA) is 78.9 Å². The van der Waals surface area contributed by atoms with Gasteiger partial charge < -0.3 is 14.2 Å². The molecule has 0 aromatic heterocycles. The van der Waals surface area contributed by atoms with Gasteiger partial charge in [0, 0.05) is 19.3 Å². The van der Waals surface area contributed by atoms with Crippen molar-refractivity contribution in [2.45, 2.75) is 361 Å². The summed E-state index contributed by atoms with van der Waals surface area (Å²) in [5, 5.41) is 0. The minimum Gasteiger partial charge on any atom is -0.462 e. The molecule has 0 saturated heterocycles. The van der Waals surface area contributed by atoms with Gasteiger partial charge in [-0.3, -0.25) is 14.4 Å². The normalized spacial score (nSPS) is 12.4. The predicted molar refractivity (Wildman–Crippen MR) is 335 cm³/mol. The lowest BCUT2D eigenvalue weighted by atomic mass is 10.0. The molecule has 0 aliphatic heterocycles. The zero-order valence-electron chi connectivity index (χ0n) is 51.5. The predicted octanol–water partition coefficient (Wildman–Crippen LogP) is 23.1. The van der Waals surface area contributed by atoms with Gasteiger partial charge in [-0.15, -0.1) is 0 Å². The first-order chi connectivity index (χ1) is 38.0. The highest BCUT2D eigenvalue weighted by atomic mass is 16.6. The fraction of sp³-hybridized carbons (Fsp3) is 0.817. The SMILES string of the molecule is CC/C=C\C/C=C\C/C=C\C/C=C\C/C=C\CCCCCCCCCCCC(=O)OCC(COC(=O)CCCCCCCCCCCCCCCC)OC(=O)CCCCCCCCCCCCCCCCCCCCCC. The number of esters is 3. The van der Waals surface area contributed by atoms with Crippen LogP contribution < -0.4 is 0 Å². The first-order valence-corrected chi connectivity index (χ1v) is 33.8. The first kappa shape index (κ1) is 74.1. The van der Waals surface area contributed by atoms with Gasteiger partial charge in [-0.05, 0) is 64.2 Å². The van der Waals surface area contributed by atoms with Crippen LogP contribution in [0.2, 0.25) is 0 Å². The summed E-state index contributed by atoms with van der Waals surface area (Å²) in [6.45, 7) is 6.58. The zero-order valence-corrected chi connectivity index (χ0v) is 51.5. The Labute approximate surface area is 479 Å². The molecule has 0 aliphatic rings. The number of unbranched alkanes of at least 4 members (excludes halogenated alkanes) is 41. The number of carbonyl (C=O) groups is 3. The molecule has 0 fully saturated rings. The fourth-order valence-corrected chi connectivity index (χ4v) is 10.0. The summed E-state index contributed by atoms with van der Waals surface area (Å²) < 4.78 is 17.0. The van der Waals surface area contributed by atoms with E-state index in [4.69, 9.17) is 14.2 Å². The molecular weight excluding hydrogens is 949 g/mol. The maximum Gasteiger partial charge on any atom is 0.306 e. The lowest BCUT2D eigenvalue weighted by molar-refractivity contribution is -0.167. The molecule has 0 bridgehead atoms. The molecule has 1 unspecified atom stereocenters. The van der Waals surface area contributed by atoms with Crippen molar-refractivity contribution < 1.29 is 28.6 Å².